The molecule has 1 N–H and O–H groups in total. The number of benzene rings is 2. The van der Waals surface area contributed by atoms with Gasteiger partial charge in [-0.2, -0.15) is 0 Å². The normalized spacial score (nSPS) is 15.9. The molecule has 1 fully saturated rings. The Balaban J connectivity index is 1.73. The van der Waals surface area contributed by atoms with Crippen molar-refractivity contribution in [1.82, 2.24) is 5.32 Å². The van der Waals surface area contributed by atoms with Crippen LogP contribution in [0.3, 0.4) is 0 Å². The van der Waals surface area contributed by atoms with Gasteiger partial charge in [0.25, 0.3) is 5.91 Å². The van der Waals surface area contributed by atoms with Crippen molar-refractivity contribution in [1.29, 1.82) is 0 Å². The highest BCUT2D eigenvalue weighted by molar-refractivity contribution is 6.05. The van der Waals surface area contributed by atoms with Crippen molar-refractivity contribution < 1.29 is 14.3 Å². The van der Waals surface area contributed by atoms with Crippen LogP contribution in [0, 0.1) is 0 Å². The first-order chi connectivity index (χ1) is 15.1. The Bertz CT molecular complexity index is 854. The predicted octanol–water partition coefficient (Wildman–Crippen LogP) is 4.09. The summed E-state index contributed by atoms with van der Waals surface area (Å²) in [5, 5.41) is 3.36. The highest BCUT2D eigenvalue weighted by Crippen LogP contribution is 2.30. The molecule has 168 valence electrons. The third-order valence-corrected chi connectivity index (χ3v) is 5.86. The Kier molecular flexibility index (Phi) is 8.32. The number of anilines is 2. The Morgan fingerprint density at radius 1 is 1.23 bits per heavy atom. The van der Waals surface area contributed by atoms with Crippen molar-refractivity contribution in [3.05, 3.63) is 53.6 Å². The molecule has 1 heterocycles. The molecule has 1 aliphatic rings. The van der Waals surface area contributed by atoms with Crippen LogP contribution in [-0.2, 0) is 11.3 Å². The van der Waals surface area contributed by atoms with Crippen LogP contribution in [-0.4, -0.2) is 52.9 Å². The topological polar surface area (TPSA) is 54.0 Å². The maximum atomic E-state index is 13.0. The summed E-state index contributed by atoms with van der Waals surface area (Å²) in [6.07, 6.45) is 3.25. The van der Waals surface area contributed by atoms with Gasteiger partial charge < -0.3 is 24.6 Å². The van der Waals surface area contributed by atoms with Gasteiger partial charge in [-0.3, -0.25) is 4.79 Å². The van der Waals surface area contributed by atoms with E-state index in [1.165, 1.54) is 5.69 Å². The molecule has 0 aromatic heterocycles. The number of likely N-dealkylation sites (N-methyl/N-ethyl adjacent to an activating group) is 1. The molecular weight excluding hydrogens is 390 g/mol. The standard InChI is InChI=1S/C25H35N3O3/c1-5-6-15-31-23-10-7-19(8-11-23)25(29)27(3)22-9-12-24(20(16-22)18-30-4)28-14-13-21(17-28)26-2/h7-12,16,21,26H,5-6,13-15,17-18H2,1-4H3. The zero-order valence-corrected chi connectivity index (χ0v) is 19.2. The minimum absolute atomic E-state index is 0.0485. The van der Waals surface area contributed by atoms with Gasteiger partial charge in [0, 0.05) is 55.8 Å². The first-order valence-electron chi connectivity index (χ1n) is 11.1. The minimum atomic E-state index is -0.0485. The van der Waals surface area contributed by atoms with Crippen LogP contribution in [0.2, 0.25) is 0 Å². The average Bonchev–Trinajstić information content (AvgIpc) is 3.28. The van der Waals surface area contributed by atoms with Gasteiger partial charge in [0.15, 0.2) is 0 Å². The fourth-order valence-corrected chi connectivity index (χ4v) is 3.91. The van der Waals surface area contributed by atoms with E-state index in [0.29, 0.717) is 24.8 Å². The highest BCUT2D eigenvalue weighted by Gasteiger charge is 2.24. The predicted molar refractivity (Wildman–Crippen MR) is 126 cm³/mol. The number of nitrogens with zero attached hydrogens (tertiary/aromatic N) is 2. The molecule has 0 aliphatic carbocycles. The lowest BCUT2D eigenvalue weighted by Gasteiger charge is -2.25. The second-order valence-corrected chi connectivity index (χ2v) is 8.06. The number of ether oxygens (including phenoxy) is 2. The minimum Gasteiger partial charge on any atom is -0.494 e. The van der Waals surface area contributed by atoms with Gasteiger partial charge in [0.2, 0.25) is 0 Å². The number of amides is 1. The molecule has 0 radical (unpaired) electrons. The largest absolute Gasteiger partial charge is 0.494 e. The molecule has 1 unspecified atom stereocenters. The second-order valence-electron chi connectivity index (χ2n) is 8.06. The van der Waals surface area contributed by atoms with Crippen molar-refractivity contribution in [3.8, 4) is 5.75 Å². The van der Waals surface area contributed by atoms with Crippen LogP contribution in [0.4, 0.5) is 11.4 Å². The van der Waals surface area contributed by atoms with Gasteiger partial charge in [-0.1, -0.05) is 13.3 Å². The number of hydrogen-bond acceptors (Lipinski definition) is 5. The Morgan fingerprint density at radius 3 is 2.65 bits per heavy atom. The molecule has 31 heavy (non-hydrogen) atoms. The van der Waals surface area contributed by atoms with Gasteiger partial charge in [0.05, 0.1) is 13.2 Å². The quantitative estimate of drug-likeness (QED) is 0.581. The summed E-state index contributed by atoms with van der Waals surface area (Å²) in [5.74, 6) is 0.748. The van der Waals surface area contributed by atoms with Gasteiger partial charge in [-0.25, -0.2) is 0 Å². The van der Waals surface area contributed by atoms with E-state index in [0.717, 1.165) is 49.4 Å². The maximum Gasteiger partial charge on any atom is 0.258 e. The second kappa shape index (κ2) is 11.2. The van der Waals surface area contributed by atoms with Crippen LogP contribution < -0.4 is 19.9 Å². The zero-order chi connectivity index (χ0) is 22.2. The summed E-state index contributed by atoms with van der Waals surface area (Å²) < 4.78 is 11.2. The number of nitrogens with one attached hydrogen (secondary N) is 1. The van der Waals surface area contributed by atoms with Crippen LogP contribution in [0.25, 0.3) is 0 Å². The molecule has 0 spiro atoms. The molecule has 1 atom stereocenters. The molecule has 2 aromatic rings. The molecule has 0 bridgehead atoms. The summed E-state index contributed by atoms with van der Waals surface area (Å²) in [7, 11) is 5.53. The van der Waals surface area contributed by atoms with Gasteiger partial charge >= 0.3 is 0 Å². The molecule has 6 heteroatoms. The Labute approximate surface area is 186 Å². The van der Waals surface area contributed by atoms with Crippen molar-refractivity contribution in [3.63, 3.8) is 0 Å². The van der Waals surface area contributed by atoms with Crippen molar-refractivity contribution in [2.75, 3.05) is 50.7 Å². The Hall–Kier alpha value is -2.57. The molecule has 6 nitrogen and oxygen atoms in total. The van der Waals surface area contributed by atoms with Gasteiger partial charge in [-0.15, -0.1) is 0 Å². The van der Waals surface area contributed by atoms with Crippen LogP contribution >= 0.6 is 0 Å². The van der Waals surface area contributed by atoms with E-state index in [-0.39, 0.29) is 5.91 Å². The number of methoxy groups -OCH3 is 1. The maximum absolute atomic E-state index is 13.0. The van der Waals surface area contributed by atoms with E-state index in [1.54, 1.807) is 12.0 Å². The van der Waals surface area contributed by atoms with Crippen molar-refractivity contribution >= 4 is 17.3 Å². The van der Waals surface area contributed by atoms with E-state index >= 15 is 0 Å². The first kappa shape index (κ1) is 23.1. The average molecular weight is 426 g/mol. The lowest BCUT2D eigenvalue weighted by molar-refractivity contribution is 0.0993. The van der Waals surface area contributed by atoms with E-state index in [9.17, 15) is 4.79 Å². The number of rotatable bonds is 10. The summed E-state index contributed by atoms with van der Waals surface area (Å²) in [4.78, 5) is 17.1. The van der Waals surface area contributed by atoms with Gasteiger partial charge in [-0.05, 0) is 62.4 Å². The first-order valence-corrected chi connectivity index (χ1v) is 11.1. The van der Waals surface area contributed by atoms with Crippen LogP contribution in [0.15, 0.2) is 42.5 Å². The fraction of sp³-hybridized carbons (Fsp3) is 0.480. The summed E-state index contributed by atoms with van der Waals surface area (Å²) in [6.45, 7) is 5.34. The number of unbranched alkanes of at least 4 members (excludes halogenated alkanes) is 1. The fourth-order valence-electron chi connectivity index (χ4n) is 3.91. The van der Waals surface area contributed by atoms with E-state index in [4.69, 9.17) is 9.47 Å². The molecule has 3 rings (SSSR count). The lowest BCUT2D eigenvalue weighted by Crippen LogP contribution is -2.30. The van der Waals surface area contributed by atoms with E-state index in [2.05, 4.69) is 29.3 Å². The molecular formula is C25H35N3O3. The third kappa shape index (κ3) is 5.77. The number of carbonyl (C=O) groups excluding carboxylic acids is 1. The molecule has 1 saturated heterocycles. The molecule has 1 aliphatic heterocycles. The zero-order valence-electron chi connectivity index (χ0n) is 19.2. The molecule has 0 saturated carbocycles. The molecule has 2 aromatic carbocycles. The molecule has 1 amide bonds. The lowest BCUT2D eigenvalue weighted by atomic mass is 10.1. The van der Waals surface area contributed by atoms with Crippen molar-refractivity contribution in [2.45, 2.75) is 38.8 Å². The number of hydrogen-bond donors (Lipinski definition) is 1. The SMILES string of the molecule is CCCCOc1ccc(C(=O)N(C)c2ccc(N3CCC(NC)C3)c(COC)c2)cc1. The van der Waals surface area contributed by atoms with E-state index < -0.39 is 0 Å². The summed E-state index contributed by atoms with van der Waals surface area (Å²) >= 11 is 0. The highest BCUT2D eigenvalue weighted by atomic mass is 16.5. The van der Waals surface area contributed by atoms with Crippen LogP contribution in [0.1, 0.15) is 42.1 Å². The smallest absolute Gasteiger partial charge is 0.258 e. The summed E-state index contributed by atoms with van der Waals surface area (Å²) in [5.41, 5.74) is 3.77. The summed E-state index contributed by atoms with van der Waals surface area (Å²) in [6, 6.07) is 14.1. The van der Waals surface area contributed by atoms with E-state index in [1.807, 2.05) is 44.4 Å². The number of carbonyl (C=O) groups is 1. The Morgan fingerprint density at radius 2 is 2.00 bits per heavy atom. The van der Waals surface area contributed by atoms with Crippen molar-refractivity contribution in [2.24, 2.45) is 0 Å². The van der Waals surface area contributed by atoms with Gasteiger partial charge in [0.1, 0.15) is 5.75 Å². The third-order valence-electron chi connectivity index (χ3n) is 5.86. The monoisotopic (exact) mass is 425 g/mol. The van der Waals surface area contributed by atoms with Crippen LogP contribution in [0.5, 0.6) is 5.75 Å².